The summed E-state index contributed by atoms with van der Waals surface area (Å²) in [5, 5.41) is 15.3. The van der Waals surface area contributed by atoms with E-state index >= 15 is 0 Å². The monoisotopic (exact) mass is 363 g/mol. The molecule has 128 valence electrons. The third-order valence-corrected chi connectivity index (χ3v) is 3.86. The van der Waals surface area contributed by atoms with Crippen molar-refractivity contribution in [3.05, 3.63) is 76.7 Å². The molecule has 3 rings (SSSR count). The Morgan fingerprint density at radius 2 is 1.88 bits per heavy atom. The maximum atomic E-state index is 12.4. The summed E-state index contributed by atoms with van der Waals surface area (Å²) < 4.78 is 0. The highest BCUT2D eigenvalue weighted by atomic mass is 35.5. The van der Waals surface area contributed by atoms with Gasteiger partial charge in [-0.2, -0.15) is 5.26 Å². The molecule has 6 nitrogen and oxygen atoms in total. The summed E-state index contributed by atoms with van der Waals surface area (Å²) >= 11 is 5.96. The maximum absolute atomic E-state index is 12.4. The van der Waals surface area contributed by atoms with E-state index in [1.54, 1.807) is 36.4 Å². The first-order chi connectivity index (χ1) is 12.5. The predicted octanol–water partition coefficient (Wildman–Crippen LogP) is 4.31. The molecule has 0 aliphatic rings. The van der Waals surface area contributed by atoms with Gasteiger partial charge in [-0.15, -0.1) is 0 Å². The summed E-state index contributed by atoms with van der Waals surface area (Å²) in [6.45, 7) is 1.92. The molecule has 26 heavy (non-hydrogen) atoms. The Morgan fingerprint density at radius 3 is 2.58 bits per heavy atom. The number of anilines is 3. The molecule has 2 aromatic carbocycles. The van der Waals surface area contributed by atoms with Crippen LogP contribution < -0.4 is 10.6 Å². The molecule has 7 heteroatoms. The molecule has 0 aliphatic heterocycles. The zero-order chi connectivity index (χ0) is 18.5. The highest BCUT2D eigenvalue weighted by Crippen LogP contribution is 2.22. The lowest BCUT2D eigenvalue weighted by molar-refractivity contribution is 0.102. The lowest BCUT2D eigenvalue weighted by Crippen LogP contribution is -2.14. The fraction of sp³-hybridized carbons (Fsp3) is 0.0526. The highest BCUT2D eigenvalue weighted by molar-refractivity contribution is 6.30. The Morgan fingerprint density at radius 1 is 1.12 bits per heavy atom. The van der Waals surface area contributed by atoms with Gasteiger partial charge in [0.05, 0.1) is 11.6 Å². The number of benzene rings is 2. The minimum atomic E-state index is -0.368. The fourth-order valence-corrected chi connectivity index (χ4v) is 2.51. The summed E-state index contributed by atoms with van der Waals surface area (Å²) in [5.41, 5.74) is 3.12. The first-order valence-corrected chi connectivity index (χ1v) is 8.10. The number of aryl methyl sites for hydroxylation is 1. The summed E-state index contributed by atoms with van der Waals surface area (Å²) in [6.07, 6.45) is 1.32. The lowest BCUT2D eigenvalue weighted by atomic mass is 10.2. The van der Waals surface area contributed by atoms with E-state index in [4.69, 9.17) is 16.9 Å². The zero-order valence-corrected chi connectivity index (χ0v) is 14.6. The fourth-order valence-electron chi connectivity index (χ4n) is 2.28. The van der Waals surface area contributed by atoms with Crippen LogP contribution in [-0.2, 0) is 0 Å². The van der Waals surface area contributed by atoms with Crippen molar-refractivity contribution >= 4 is 34.7 Å². The van der Waals surface area contributed by atoms with Crippen molar-refractivity contribution in [3.8, 4) is 6.07 Å². The van der Waals surface area contributed by atoms with Crippen LogP contribution in [0.25, 0.3) is 0 Å². The number of nitrogens with one attached hydrogen (secondary N) is 2. The van der Waals surface area contributed by atoms with E-state index in [1.165, 1.54) is 6.33 Å². The van der Waals surface area contributed by atoms with Crippen LogP contribution in [0, 0.1) is 18.3 Å². The van der Waals surface area contributed by atoms with Crippen molar-refractivity contribution in [2.24, 2.45) is 0 Å². The molecule has 1 aromatic heterocycles. The van der Waals surface area contributed by atoms with Crippen LogP contribution >= 0.6 is 11.6 Å². The van der Waals surface area contributed by atoms with E-state index in [2.05, 4.69) is 20.6 Å². The molecule has 0 atom stereocenters. The molecule has 2 N–H and O–H groups in total. The number of rotatable bonds is 4. The number of nitriles is 1. The first kappa shape index (κ1) is 17.4. The van der Waals surface area contributed by atoms with Gasteiger partial charge in [-0.05, 0) is 55.0 Å². The average molecular weight is 364 g/mol. The first-order valence-electron chi connectivity index (χ1n) is 7.72. The topological polar surface area (TPSA) is 90.7 Å². The van der Waals surface area contributed by atoms with Gasteiger partial charge in [0.2, 0.25) is 0 Å². The Balaban J connectivity index is 1.75. The van der Waals surface area contributed by atoms with E-state index in [-0.39, 0.29) is 11.6 Å². The van der Waals surface area contributed by atoms with Gasteiger partial charge in [0.15, 0.2) is 0 Å². The number of halogens is 1. The van der Waals surface area contributed by atoms with Gasteiger partial charge in [-0.25, -0.2) is 9.97 Å². The van der Waals surface area contributed by atoms with Gasteiger partial charge < -0.3 is 10.6 Å². The number of hydrogen-bond donors (Lipinski definition) is 2. The second-order valence-electron chi connectivity index (χ2n) is 5.52. The predicted molar refractivity (Wildman–Crippen MR) is 101 cm³/mol. The SMILES string of the molecule is Cc1cc(Cl)ccc1Nc1cc(C(=O)Nc2ccc(C#N)cc2)ncn1. The van der Waals surface area contributed by atoms with Crippen LogP contribution in [-0.4, -0.2) is 15.9 Å². The number of carbonyl (C=O) groups is 1. The average Bonchev–Trinajstić information content (AvgIpc) is 2.65. The van der Waals surface area contributed by atoms with Gasteiger partial charge in [0, 0.05) is 22.5 Å². The van der Waals surface area contributed by atoms with Crippen LogP contribution in [0.15, 0.2) is 54.9 Å². The zero-order valence-electron chi connectivity index (χ0n) is 13.8. The number of hydrogen-bond acceptors (Lipinski definition) is 5. The minimum absolute atomic E-state index is 0.221. The number of carbonyl (C=O) groups excluding carboxylic acids is 1. The van der Waals surface area contributed by atoms with Crippen LogP contribution in [0.5, 0.6) is 0 Å². The van der Waals surface area contributed by atoms with Crippen molar-refractivity contribution in [1.29, 1.82) is 5.26 Å². The standard InChI is InChI=1S/C19H14ClN5O/c1-12-8-14(20)4-7-16(12)25-18-9-17(22-11-23-18)19(26)24-15-5-2-13(10-21)3-6-15/h2-9,11H,1H3,(H,24,26)(H,22,23,25). The molecule has 0 aliphatic carbocycles. The Kier molecular flexibility index (Phi) is 5.11. The second-order valence-corrected chi connectivity index (χ2v) is 5.95. The van der Waals surface area contributed by atoms with E-state index in [0.29, 0.717) is 22.1 Å². The summed E-state index contributed by atoms with van der Waals surface area (Å²) in [4.78, 5) is 20.5. The van der Waals surface area contributed by atoms with E-state index < -0.39 is 0 Å². The summed E-state index contributed by atoms with van der Waals surface area (Å²) in [5.74, 6) is 0.128. The van der Waals surface area contributed by atoms with Gasteiger partial charge in [0.1, 0.15) is 17.8 Å². The normalized spacial score (nSPS) is 10.0. The minimum Gasteiger partial charge on any atom is -0.340 e. The number of amides is 1. The van der Waals surface area contributed by atoms with Gasteiger partial charge in [-0.1, -0.05) is 11.6 Å². The smallest absolute Gasteiger partial charge is 0.274 e. The molecule has 1 heterocycles. The molecular weight excluding hydrogens is 350 g/mol. The van der Waals surface area contributed by atoms with Crippen molar-refractivity contribution < 1.29 is 4.79 Å². The Hall–Kier alpha value is -3.43. The molecule has 0 saturated heterocycles. The Labute approximate surface area is 155 Å². The quantitative estimate of drug-likeness (QED) is 0.720. The van der Waals surface area contributed by atoms with Gasteiger partial charge >= 0.3 is 0 Å². The molecule has 0 spiro atoms. The third-order valence-electron chi connectivity index (χ3n) is 3.62. The van der Waals surface area contributed by atoms with Crippen molar-refractivity contribution in [2.45, 2.75) is 6.92 Å². The Bertz CT molecular complexity index is 996. The van der Waals surface area contributed by atoms with E-state index in [9.17, 15) is 4.79 Å². The van der Waals surface area contributed by atoms with Crippen LogP contribution in [0.1, 0.15) is 21.6 Å². The molecule has 0 unspecified atom stereocenters. The van der Waals surface area contributed by atoms with Crippen LogP contribution in [0.4, 0.5) is 17.2 Å². The van der Waals surface area contributed by atoms with Crippen molar-refractivity contribution in [1.82, 2.24) is 9.97 Å². The largest absolute Gasteiger partial charge is 0.340 e. The van der Waals surface area contributed by atoms with Gasteiger partial charge in [0.25, 0.3) is 5.91 Å². The van der Waals surface area contributed by atoms with E-state index in [0.717, 1.165) is 11.3 Å². The molecule has 0 radical (unpaired) electrons. The molecule has 0 fully saturated rings. The lowest BCUT2D eigenvalue weighted by Gasteiger charge is -2.10. The van der Waals surface area contributed by atoms with Crippen LogP contribution in [0.2, 0.25) is 5.02 Å². The molecule has 3 aromatic rings. The molecule has 0 bridgehead atoms. The highest BCUT2D eigenvalue weighted by Gasteiger charge is 2.10. The van der Waals surface area contributed by atoms with E-state index in [1.807, 2.05) is 25.1 Å². The summed E-state index contributed by atoms with van der Waals surface area (Å²) in [7, 11) is 0. The molecule has 0 saturated carbocycles. The number of aromatic nitrogens is 2. The van der Waals surface area contributed by atoms with Crippen molar-refractivity contribution in [2.75, 3.05) is 10.6 Å². The number of nitrogens with zero attached hydrogens (tertiary/aromatic N) is 3. The molecular formula is C19H14ClN5O. The van der Waals surface area contributed by atoms with Crippen LogP contribution in [0.3, 0.4) is 0 Å². The van der Waals surface area contributed by atoms with Gasteiger partial charge in [-0.3, -0.25) is 4.79 Å². The third kappa shape index (κ3) is 4.15. The van der Waals surface area contributed by atoms with Crippen molar-refractivity contribution in [3.63, 3.8) is 0 Å². The summed E-state index contributed by atoms with van der Waals surface area (Å²) in [6, 6.07) is 15.6. The molecule has 1 amide bonds. The second kappa shape index (κ2) is 7.64. The maximum Gasteiger partial charge on any atom is 0.274 e.